The molecule has 0 aliphatic rings. The number of esters is 2. The number of hydrogen-bond acceptors (Lipinski definition) is 8. The summed E-state index contributed by atoms with van der Waals surface area (Å²) in [5.74, 6) is -1.12. The summed E-state index contributed by atoms with van der Waals surface area (Å²) in [6.07, 6.45) is 4.50. The van der Waals surface area contributed by atoms with E-state index in [9.17, 15) is 14.4 Å². The average molecular weight is 452 g/mol. The zero-order valence-corrected chi connectivity index (χ0v) is 18.0. The van der Waals surface area contributed by atoms with Crippen LogP contribution in [-0.4, -0.2) is 36.5 Å². The third kappa shape index (κ3) is 6.78. The van der Waals surface area contributed by atoms with E-state index in [1.165, 1.54) is 13.2 Å². The molecule has 1 N–H and O–H groups in total. The Balaban J connectivity index is 1.43. The molecule has 2 aromatic heterocycles. The van der Waals surface area contributed by atoms with Crippen molar-refractivity contribution in [2.45, 2.75) is 6.61 Å². The zero-order valence-electron chi connectivity index (χ0n) is 17.1. The number of rotatable bonds is 9. The van der Waals surface area contributed by atoms with Gasteiger partial charge in [0.2, 0.25) is 0 Å². The highest BCUT2D eigenvalue weighted by Crippen LogP contribution is 2.23. The zero-order chi connectivity index (χ0) is 22.8. The molecule has 0 fully saturated rings. The molecule has 1 amide bonds. The van der Waals surface area contributed by atoms with Crippen LogP contribution in [0.1, 0.15) is 20.9 Å². The summed E-state index contributed by atoms with van der Waals surface area (Å²) in [5.41, 5.74) is 1.89. The highest BCUT2D eigenvalue weighted by atomic mass is 32.1. The lowest BCUT2D eigenvalue weighted by molar-refractivity contribution is -0.142. The van der Waals surface area contributed by atoms with Crippen molar-refractivity contribution in [3.05, 3.63) is 82.3 Å². The van der Waals surface area contributed by atoms with Gasteiger partial charge in [-0.05, 0) is 47.4 Å². The lowest BCUT2D eigenvalue weighted by atomic mass is 10.2. The Morgan fingerprint density at radius 1 is 1.09 bits per heavy atom. The number of nitrogens with one attached hydrogen (secondary N) is 1. The fourth-order valence-electron chi connectivity index (χ4n) is 2.51. The van der Waals surface area contributed by atoms with Gasteiger partial charge in [-0.25, -0.2) is 9.59 Å². The fourth-order valence-corrected chi connectivity index (χ4v) is 3.28. The van der Waals surface area contributed by atoms with Gasteiger partial charge in [0, 0.05) is 12.3 Å². The Kier molecular flexibility index (Phi) is 8.10. The first kappa shape index (κ1) is 22.7. The van der Waals surface area contributed by atoms with Gasteiger partial charge in [0.15, 0.2) is 6.61 Å². The molecule has 2 heterocycles. The van der Waals surface area contributed by atoms with E-state index in [4.69, 9.17) is 9.47 Å². The van der Waals surface area contributed by atoms with Crippen molar-refractivity contribution in [1.82, 2.24) is 4.98 Å². The van der Waals surface area contributed by atoms with E-state index < -0.39 is 24.5 Å². The van der Waals surface area contributed by atoms with Crippen LogP contribution in [0.5, 0.6) is 5.75 Å². The van der Waals surface area contributed by atoms with Crippen LogP contribution in [0.25, 0.3) is 6.08 Å². The van der Waals surface area contributed by atoms with Gasteiger partial charge in [0.25, 0.3) is 5.91 Å². The topological polar surface area (TPSA) is 104 Å². The largest absolute Gasteiger partial charge is 0.487 e. The minimum Gasteiger partial charge on any atom is -0.487 e. The highest BCUT2D eigenvalue weighted by Gasteiger charge is 2.16. The Morgan fingerprint density at radius 3 is 2.62 bits per heavy atom. The molecule has 0 saturated heterocycles. The van der Waals surface area contributed by atoms with Crippen LogP contribution in [0.4, 0.5) is 5.69 Å². The molecule has 1 aromatic carbocycles. The first-order chi connectivity index (χ1) is 15.5. The maximum absolute atomic E-state index is 12.0. The molecule has 0 bridgehead atoms. The normalized spacial score (nSPS) is 10.5. The first-order valence-electron chi connectivity index (χ1n) is 9.48. The summed E-state index contributed by atoms with van der Waals surface area (Å²) in [6.45, 7) is -0.128. The number of amides is 1. The second-order valence-electron chi connectivity index (χ2n) is 6.32. The van der Waals surface area contributed by atoms with Crippen LogP contribution in [0.3, 0.4) is 0 Å². The average Bonchev–Trinajstić information content (AvgIpc) is 3.29. The van der Waals surface area contributed by atoms with Crippen LogP contribution in [0, 0.1) is 0 Å². The third-order valence-corrected chi connectivity index (χ3v) is 4.95. The SMILES string of the molecule is COC(=O)c1sccc1NC(=O)COC(=O)/C=C/c1ccc(OCc2ccccn2)cc1. The quantitative estimate of drug-likeness (QED) is 0.390. The number of carbonyl (C=O) groups excluding carboxylic acids is 3. The second kappa shape index (κ2) is 11.4. The van der Waals surface area contributed by atoms with E-state index in [-0.39, 0.29) is 4.88 Å². The van der Waals surface area contributed by atoms with Crippen LogP contribution in [0.15, 0.2) is 66.2 Å². The number of pyridine rings is 1. The summed E-state index contributed by atoms with van der Waals surface area (Å²) in [6, 6.07) is 14.3. The van der Waals surface area contributed by atoms with E-state index >= 15 is 0 Å². The molecular formula is C23H20N2O6S. The number of carbonyl (C=O) groups is 3. The summed E-state index contributed by atoms with van der Waals surface area (Å²) in [7, 11) is 1.25. The van der Waals surface area contributed by atoms with Gasteiger partial charge in [-0.2, -0.15) is 0 Å². The highest BCUT2D eigenvalue weighted by molar-refractivity contribution is 7.12. The Labute approximate surface area is 188 Å². The maximum atomic E-state index is 12.0. The van der Waals surface area contributed by atoms with Crippen molar-refractivity contribution >= 4 is 40.9 Å². The van der Waals surface area contributed by atoms with Gasteiger partial charge in [0.1, 0.15) is 17.2 Å². The van der Waals surface area contributed by atoms with Crippen molar-refractivity contribution < 1.29 is 28.6 Å². The van der Waals surface area contributed by atoms with Crippen molar-refractivity contribution in [3.8, 4) is 5.75 Å². The molecular weight excluding hydrogens is 432 g/mol. The molecule has 3 aromatic rings. The van der Waals surface area contributed by atoms with Gasteiger partial charge >= 0.3 is 11.9 Å². The Morgan fingerprint density at radius 2 is 1.91 bits per heavy atom. The number of nitrogens with zero attached hydrogens (tertiary/aromatic N) is 1. The molecule has 9 heteroatoms. The summed E-state index contributed by atoms with van der Waals surface area (Å²) in [4.78, 5) is 39.9. The van der Waals surface area contributed by atoms with Gasteiger partial charge in [-0.15, -0.1) is 11.3 Å². The second-order valence-corrected chi connectivity index (χ2v) is 7.24. The summed E-state index contributed by atoms with van der Waals surface area (Å²) < 4.78 is 15.2. The summed E-state index contributed by atoms with van der Waals surface area (Å²) >= 11 is 1.14. The van der Waals surface area contributed by atoms with E-state index in [1.807, 2.05) is 18.2 Å². The van der Waals surface area contributed by atoms with Crippen LogP contribution < -0.4 is 10.1 Å². The molecule has 0 atom stereocenters. The van der Waals surface area contributed by atoms with Gasteiger partial charge in [0.05, 0.1) is 18.5 Å². The first-order valence-corrected chi connectivity index (χ1v) is 10.4. The number of benzene rings is 1. The molecule has 32 heavy (non-hydrogen) atoms. The molecule has 8 nitrogen and oxygen atoms in total. The lowest BCUT2D eigenvalue weighted by Crippen LogP contribution is -2.21. The van der Waals surface area contributed by atoms with Crippen molar-refractivity contribution in [2.75, 3.05) is 19.0 Å². The minimum atomic E-state index is -0.672. The maximum Gasteiger partial charge on any atom is 0.350 e. The van der Waals surface area contributed by atoms with E-state index in [0.717, 1.165) is 22.6 Å². The van der Waals surface area contributed by atoms with Crippen molar-refractivity contribution in [2.24, 2.45) is 0 Å². The standard InChI is InChI=1S/C23H20N2O6S/c1-29-23(28)22-19(11-13-32-22)25-20(26)15-31-21(27)10-7-16-5-8-18(9-6-16)30-14-17-4-2-3-12-24-17/h2-13H,14-15H2,1H3,(H,25,26)/b10-7+. The fraction of sp³-hybridized carbons (Fsp3) is 0.130. The predicted molar refractivity (Wildman–Crippen MR) is 119 cm³/mol. The third-order valence-electron chi connectivity index (χ3n) is 4.06. The van der Waals surface area contributed by atoms with Crippen LogP contribution >= 0.6 is 11.3 Å². The number of anilines is 1. The van der Waals surface area contributed by atoms with Crippen molar-refractivity contribution in [3.63, 3.8) is 0 Å². The summed E-state index contributed by atoms with van der Waals surface area (Å²) in [5, 5.41) is 4.16. The lowest BCUT2D eigenvalue weighted by Gasteiger charge is -2.06. The molecule has 3 rings (SSSR count). The number of methoxy groups -OCH3 is 1. The van der Waals surface area contributed by atoms with Crippen LogP contribution in [0.2, 0.25) is 0 Å². The molecule has 0 spiro atoms. The van der Waals surface area contributed by atoms with E-state index in [1.54, 1.807) is 48.0 Å². The number of ether oxygens (including phenoxy) is 3. The Hall–Kier alpha value is -3.98. The number of hydrogen-bond donors (Lipinski definition) is 1. The van der Waals surface area contributed by atoms with Crippen LogP contribution in [-0.2, 0) is 25.7 Å². The van der Waals surface area contributed by atoms with Gasteiger partial charge < -0.3 is 19.5 Å². The van der Waals surface area contributed by atoms with E-state index in [0.29, 0.717) is 18.0 Å². The van der Waals surface area contributed by atoms with Gasteiger partial charge in [-0.1, -0.05) is 18.2 Å². The molecule has 0 aliphatic carbocycles. The minimum absolute atomic E-state index is 0.263. The van der Waals surface area contributed by atoms with Gasteiger partial charge in [-0.3, -0.25) is 9.78 Å². The molecule has 0 saturated carbocycles. The monoisotopic (exact) mass is 452 g/mol. The van der Waals surface area contributed by atoms with Crippen molar-refractivity contribution in [1.29, 1.82) is 0 Å². The smallest absolute Gasteiger partial charge is 0.350 e. The molecule has 164 valence electrons. The van der Waals surface area contributed by atoms with E-state index in [2.05, 4.69) is 15.0 Å². The number of aromatic nitrogens is 1. The molecule has 0 aliphatic heterocycles. The molecule has 0 radical (unpaired) electrons. The molecule has 0 unspecified atom stereocenters. The predicted octanol–water partition coefficient (Wildman–Crippen LogP) is 3.70. The number of thiophene rings is 1. The Bertz CT molecular complexity index is 1090.